The summed E-state index contributed by atoms with van der Waals surface area (Å²) in [6.45, 7) is 5.96. The van der Waals surface area contributed by atoms with Gasteiger partial charge in [0.25, 0.3) is 0 Å². The highest BCUT2D eigenvalue weighted by atomic mass is 32.1. The number of allylic oxidation sites excluding steroid dienone is 1. The van der Waals surface area contributed by atoms with Gasteiger partial charge in [-0.15, -0.1) is 0 Å². The number of hydrogen-bond acceptors (Lipinski definition) is 4. The average Bonchev–Trinajstić information content (AvgIpc) is 3.07. The minimum absolute atomic E-state index is 0.0957. The van der Waals surface area contributed by atoms with Crippen molar-refractivity contribution in [1.82, 2.24) is 4.57 Å². The lowest BCUT2D eigenvalue weighted by Gasteiger charge is -2.09. The molecule has 0 radical (unpaired) electrons. The molecular formula is C21H19N3OS. The van der Waals surface area contributed by atoms with E-state index in [4.69, 9.17) is 5.41 Å². The third kappa shape index (κ3) is 2.61. The number of benzene rings is 2. The number of nitrogens with zero attached hydrogens (tertiary/aromatic N) is 2. The van der Waals surface area contributed by atoms with E-state index in [-0.39, 0.29) is 5.88 Å². The Labute approximate surface area is 155 Å². The Morgan fingerprint density at radius 1 is 1.12 bits per heavy atom. The minimum atomic E-state index is 0.0957. The van der Waals surface area contributed by atoms with Crippen molar-refractivity contribution in [3.05, 3.63) is 68.8 Å². The molecule has 2 N–H and O–H groups in total. The molecule has 0 saturated heterocycles. The molecule has 0 fully saturated rings. The zero-order valence-electron chi connectivity index (χ0n) is 14.9. The first-order valence-corrected chi connectivity index (χ1v) is 9.21. The van der Waals surface area contributed by atoms with Crippen LogP contribution in [0, 0.1) is 19.3 Å². The van der Waals surface area contributed by atoms with Gasteiger partial charge >= 0.3 is 0 Å². The van der Waals surface area contributed by atoms with Crippen LogP contribution in [0.1, 0.15) is 28.5 Å². The van der Waals surface area contributed by atoms with Crippen molar-refractivity contribution in [1.29, 1.82) is 5.41 Å². The van der Waals surface area contributed by atoms with Crippen LogP contribution >= 0.6 is 11.3 Å². The van der Waals surface area contributed by atoms with Crippen LogP contribution in [0.5, 0.6) is 5.88 Å². The van der Waals surface area contributed by atoms with Crippen LogP contribution in [0.2, 0.25) is 0 Å². The van der Waals surface area contributed by atoms with Crippen LogP contribution in [-0.2, 0) is 0 Å². The second-order valence-electron chi connectivity index (χ2n) is 6.49. The van der Waals surface area contributed by atoms with Crippen molar-refractivity contribution >= 4 is 34.4 Å². The molecule has 130 valence electrons. The van der Waals surface area contributed by atoms with Crippen molar-refractivity contribution in [2.24, 2.45) is 4.99 Å². The maximum atomic E-state index is 10.8. The van der Waals surface area contributed by atoms with Gasteiger partial charge in [0.05, 0.1) is 16.3 Å². The van der Waals surface area contributed by atoms with Crippen LogP contribution in [0.3, 0.4) is 0 Å². The quantitative estimate of drug-likeness (QED) is 0.664. The summed E-state index contributed by atoms with van der Waals surface area (Å²) >= 11 is 1.26. The van der Waals surface area contributed by atoms with E-state index >= 15 is 0 Å². The maximum absolute atomic E-state index is 10.8. The summed E-state index contributed by atoms with van der Waals surface area (Å²) in [5, 5.41) is 19.2. The smallest absolute Gasteiger partial charge is 0.215 e. The SMILES string of the molecule is CC1=Nc2ccccc2/C1=C\c1sc(=N)n(-c2cc(C)ccc2C)c1O. The Morgan fingerprint density at radius 2 is 1.88 bits per heavy atom. The van der Waals surface area contributed by atoms with E-state index in [0.29, 0.717) is 9.68 Å². The number of hydrogen-bond donors (Lipinski definition) is 2. The summed E-state index contributed by atoms with van der Waals surface area (Å²) in [5.41, 5.74) is 6.86. The Balaban J connectivity index is 1.88. The van der Waals surface area contributed by atoms with Crippen molar-refractivity contribution in [2.45, 2.75) is 20.8 Å². The van der Waals surface area contributed by atoms with Gasteiger partial charge in [-0.05, 0) is 50.1 Å². The molecule has 1 aromatic heterocycles. The van der Waals surface area contributed by atoms with E-state index in [1.807, 2.05) is 69.3 Å². The first kappa shape index (κ1) is 16.5. The second kappa shape index (κ2) is 6.11. The van der Waals surface area contributed by atoms with Gasteiger partial charge in [0, 0.05) is 16.8 Å². The standard InChI is InChI=1S/C21H19N3OS/c1-12-8-9-13(2)18(10-12)24-20(25)19(26-21(24)22)11-16-14(3)23-17-7-5-4-6-15(16)17/h4-11,22,25H,1-3H3/b16-11-,22-21?. The van der Waals surface area contributed by atoms with Crippen LogP contribution in [0.4, 0.5) is 5.69 Å². The fraction of sp³-hybridized carbons (Fsp3) is 0.143. The Morgan fingerprint density at radius 3 is 2.69 bits per heavy atom. The summed E-state index contributed by atoms with van der Waals surface area (Å²) in [6, 6.07) is 14.0. The number of fused-ring (bicyclic) bond motifs is 1. The molecule has 26 heavy (non-hydrogen) atoms. The molecule has 0 atom stereocenters. The first-order valence-electron chi connectivity index (χ1n) is 8.39. The number of aromatic hydroxyl groups is 1. The normalized spacial score (nSPS) is 14.6. The van der Waals surface area contributed by atoms with Gasteiger partial charge < -0.3 is 5.11 Å². The zero-order chi connectivity index (χ0) is 18.4. The molecule has 2 aromatic carbocycles. The Bertz CT molecular complexity index is 1150. The van der Waals surface area contributed by atoms with Crippen molar-refractivity contribution in [3.63, 3.8) is 0 Å². The number of para-hydroxylation sites is 1. The molecule has 0 unspecified atom stereocenters. The largest absolute Gasteiger partial charge is 0.493 e. The van der Waals surface area contributed by atoms with Gasteiger partial charge in [0.2, 0.25) is 5.88 Å². The molecule has 0 saturated carbocycles. The van der Waals surface area contributed by atoms with Gasteiger partial charge in [-0.3, -0.25) is 15.0 Å². The molecule has 4 rings (SSSR count). The van der Waals surface area contributed by atoms with Gasteiger partial charge in [0.1, 0.15) is 0 Å². The highest BCUT2D eigenvalue weighted by molar-refractivity contribution is 7.10. The van der Waals surface area contributed by atoms with E-state index in [1.54, 1.807) is 4.57 Å². The summed E-state index contributed by atoms with van der Waals surface area (Å²) < 4.78 is 1.60. The summed E-state index contributed by atoms with van der Waals surface area (Å²) in [6.07, 6.45) is 1.93. The molecule has 0 spiro atoms. The lowest BCUT2D eigenvalue weighted by atomic mass is 10.0. The Kier molecular flexibility index (Phi) is 3.89. The van der Waals surface area contributed by atoms with E-state index < -0.39 is 0 Å². The van der Waals surface area contributed by atoms with Crippen LogP contribution < -0.4 is 4.80 Å². The minimum Gasteiger partial charge on any atom is -0.493 e. The predicted molar refractivity (Wildman–Crippen MR) is 108 cm³/mol. The van der Waals surface area contributed by atoms with E-state index in [2.05, 4.69) is 4.99 Å². The fourth-order valence-electron chi connectivity index (χ4n) is 3.23. The van der Waals surface area contributed by atoms with Crippen molar-refractivity contribution < 1.29 is 5.11 Å². The number of nitrogens with one attached hydrogen (secondary N) is 1. The van der Waals surface area contributed by atoms with Crippen molar-refractivity contribution in [2.75, 3.05) is 0 Å². The second-order valence-corrected chi connectivity index (χ2v) is 7.52. The topological polar surface area (TPSA) is 61.4 Å². The molecule has 2 heterocycles. The molecule has 1 aliphatic rings. The molecule has 0 aliphatic carbocycles. The van der Waals surface area contributed by atoms with Gasteiger partial charge in [-0.2, -0.15) is 0 Å². The third-order valence-corrected chi connectivity index (χ3v) is 5.49. The number of aryl methyl sites for hydroxylation is 2. The number of aliphatic imine (C=N–C) groups is 1. The number of thiazole rings is 1. The molecule has 4 nitrogen and oxygen atoms in total. The summed E-state index contributed by atoms with van der Waals surface area (Å²) in [4.78, 5) is 5.55. The zero-order valence-corrected chi connectivity index (χ0v) is 15.7. The van der Waals surface area contributed by atoms with Crippen LogP contribution in [0.25, 0.3) is 17.3 Å². The van der Waals surface area contributed by atoms with Crippen LogP contribution in [-0.4, -0.2) is 15.4 Å². The molecule has 0 bridgehead atoms. The van der Waals surface area contributed by atoms with E-state index in [0.717, 1.165) is 39.3 Å². The molecule has 5 heteroatoms. The molecule has 0 amide bonds. The fourth-order valence-corrected chi connectivity index (χ4v) is 4.07. The molecular weight excluding hydrogens is 342 g/mol. The highest BCUT2D eigenvalue weighted by Crippen LogP contribution is 2.37. The van der Waals surface area contributed by atoms with E-state index in [1.165, 1.54) is 11.3 Å². The molecule has 1 aliphatic heterocycles. The maximum Gasteiger partial charge on any atom is 0.215 e. The predicted octanol–water partition coefficient (Wildman–Crippen LogP) is 4.99. The lowest BCUT2D eigenvalue weighted by Crippen LogP contribution is -2.11. The summed E-state index contributed by atoms with van der Waals surface area (Å²) in [7, 11) is 0. The number of rotatable bonds is 2. The average molecular weight is 361 g/mol. The Hall–Kier alpha value is -2.92. The van der Waals surface area contributed by atoms with Gasteiger partial charge in [0.15, 0.2) is 4.80 Å². The lowest BCUT2D eigenvalue weighted by molar-refractivity contribution is 0.438. The molecule has 3 aromatic rings. The first-order chi connectivity index (χ1) is 12.5. The van der Waals surface area contributed by atoms with Crippen molar-refractivity contribution in [3.8, 4) is 11.6 Å². The van der Waals surface area contributed by atoms with Crippen LogP contribution in [0.15, 0.2) is 47.5 Å². The highest BCUT2D eigenvalue weighted by Gasteiger charge is 2.20. The van der Waals surface area contributed by atoms with Gasteiger partial charge in [-0.25, -0.2) is 0 Å². The third-order valence-electron chi connectivity index (χ3n) is 4.60. The van der Waals surface area contributed by atoms with E-state index in [9.17, 15) is 5.11 Å². The van der Waals surface area contributed by atoms with Gasteiger partial charge in [-0.1, -0.05) is 41.7 Å². The monoisotopic (exact) mass is 361 g/mol. The summed E-state index contributed by atoms with van der Waals surface area (Å²) in [5.74, 6) is 0.0957. The number of aromatic nitrogens is 1.